The number of sulfone groups is 1. The Bertz CT molecular complexity index is 2030. The van der Waals surface area contributed by atoms with Gasteiger partial charge in [0.1, 0.15) is 5.58 Å². The summed E-state index contributed by atoms with van der Waals surface area (Å²) in [5.74, 6) is -0.0566. The predicted octanol–water partition coefficient (Wildman–Crippen LogP) is 6.99. The first-order valence-corrected chi connectivity index (χ1v) is 18.7. The van der Waals surface area contributed by atoms with Gasteiger partial charge in [-0.15, -0.1) is 0 Å². The number of likely N-dealkylation sites (tertiary alicyclic amines) is 1. The molecule has 1 aliphatic carbocycles. The van der Waals surface area contributed by atoms with Gasteiger partial charge in [0.25, 0.3) is 5.91 Å². The third-order valence-electron chi connectivity index (χ3n) is 9.38. The highest BCUT2D eigenvalue weighted by molar-refractivity contribution is 7.90. The number of fused-ring (bicyclic) bond motifs is 1. The Labute approximate surface area is 285 Å². The molecular formula is C38H39ClN2O6S. The molecule has 3 aromatic carbocycles. The summed E-state index contributed by atoms with van der Waals surface area (Å²) in [6, 6.07) is 20.7. The highest BCUT2D eigenvalue weighted by atomic mass is 35.5. The van der Waals surface area contributed by atoms with Crippen LogP contribution in [0.3, 0.4) is 0 Å². The average molecular weight is 687 g/mol. The Hall–Kier alpha value is -4.21. The zero-order valence-corrected chi connectivity index (χ0v) is 28.5. The highest BCUT2D eigenvalue weighted by Crippen LogP contribution is 2.37. The lowest BCUT2D eigenvalue weighted by molar-refractivity contribution is -0.133. The van der Waals surface area contributed by atoms with Crippen LogP contribution in [0, 0.1) is 0 Å². The van der Waals surface area contributed by atoms with Crippen LogP contribution in [0.15, 0.2) is 98.6 Å². The van der Waals surface area contributed by atoms with Crippen LogP contribution in [-0.4, -0.2) is 44.0 Å². The number of carbonyl (C=O) groups is 2. The van der Waals surface area contributed by atoms with Crippen molar-refractivity contribution in [3.8, 4) is 0 Å². The molecule has 1 saturated carbocycles. The van der Waals surface area contributed by atoms with Gasteiger partial charge in [-0.25, -0.2) is 8.42 Å². The minimum Gasteiger partial charge on any atom is -0.451 e. The number of piperidine rings is 1. The lowest BCUT2D eigenvalue weighted by Gasteiger charge is -2.31. The molecule has 1 atom stereocenters. The Morgan fingerprint density at radius 3 is 2.48 bits per heavy atom. The Morgan fingerprint density at radius 1 is 1.00 bits per heavy atom. The first-order valence-electron chi connectivity index (χ1n) is 16.4. The van der Waals surface area contributed by atoms with Gasteiger partial charge in [-0.1, -0.05) is 59.6 Å². The SMILES string of the molecule is CS(=O)(=O)c1ccc2oc(C(=O)N[C@H](C=C3CCC(c4ccccc4CN4CCCCC4=O)CC3)Cc3ccc(Cl)cc3)cc(=O)c2c1. The quantitative estimate of drug-likeness (QED) is 0.190. The predicted molar refractivity (Wildman–Crippen MR) is 187 cm³/mol. The number of rotatable bonds is 9. The molecule has 2 fully saturated rings. The van der Waals surface area contributed by atoms with Gasteiger partial charge < -0.3 is 14.6 Å². The van der Waals surface area contributed by atoms with Gasteiger partial charge in [-0.2, -0.15) is 0 Å². The highest BCUT2D eigenvalue weighted by Gasteiger charge is 2.25. The number of nitrogens with one attached hydrogen (secondary N) is 1. The van der Waals surface area contributed by atoms with Crippen molar-refractivity contribution in [3.05, 3.63) is 122 Å². The lowest BCUT2D eigenvalue weighted by Crippen LogP contribution is -2.36. The summed E-state index contributed by atoms with van der Waals surface area (Å²) in [5.41, 5.74) is 4.42. The monoisotopic (exact) mass is 686 g/mol. The molecule has 2 aliphatic rings. The average Bonchev–Trinajstić information content (AvgIpc) is 3.07. The van der Waals surface area contributed by atoms with Gasteiger partial charge in [-0.05, 0) is 97.9 Å². The van der Waals surface area contributed by atoms with E-state index >= 15 is 0 Å². The van der Waals surface area contributed by atoms with Crippen molar-refractivity contribution in [2.24, 2.45) is 0 Å². The molecule has 4 aromatic rings. The van der Waals surface area contributed by atoms with E-state index in [1.807, 2.05) is 29.2 Å². The van der Waals surface area contributed by atoms with Crippen molar-refractivity contribution in [2.45, 2.75) is 74.8 Å². The summed E-state index contributed by atoms with van der Waals surface area (Å²) in [7, 11) is -3.52. The maximum atomic E-state index is 13.5. The number of hydrogen-bond donors (Lipinski definition) is 1. The van der Waals surface area contributed by atoms with Gasteiger partial charge in [0.2, 0.25) is 5.91 Å². The van der Waals surface area contributed by atoms with Crippen LogP contribution in [0.2, 0.25) is 5.02 Å². The van der Waals surface area contributed by atoms with E-state index in [4.69, 9.17) is 16.0 Å². The van der Waals surface area contributed by atoms with Crippen LogP contribution in [-0.2, 0) is 27.6 Å². The summed E-state index contributed by atoms with van der Waals surface area (Å²) in [5, 5.41) is 3.77. The minimum atomic E-state index is -3.52. The van der Waals surface area contributed by atoms with E-state index < -0.39 is 21.2 Å². The Morgan fingerprint density at radius 2 is 1.75 bits per heavy atom. The molecule has 0 radical (unpaired) electrons. The van der Waals surface area contributed by atoms with Crippen LogP contribution in [0.1, 0.15) is 78.1 Å². The fourth-order valence-electron chi connectivity index (χ4n) is 6.81. The first-order chi connectivity index (χ1) is 23.0. The van der Waals surface area contributed by atoms with Crippen molar-refractivity contribution in [2.75, 3.05) is 12.8 Å². The van der Waals surface area contributed by atoms with Crippen LogP contribution in [0.25, 0.3) is 11.0 Å². The van der Waals surface area contributed by atoms with Crippen molar-refractivity contribution >= 4 is 44.2 Å². The number of carbonyl (C=O) groups excluding carboxylic acids is 2. The van der Waals surface area contributed by atoms with Crippen LogP contribution in [0.4, 0.5) is 0 Å². The maximum Gasteiger partial charge on any atom is 0.287 e. The normalized spacial score (nSPS) is 17.7. The summed E-state index contributed by atoms with van der Waals surface area (Å²) in [6.07, 6.45) is 10.0. The molecule has 2 amide bonds. The van der Waals surface area contributed by atoms with E-state index in [9.17, 15) is 22.8 Å². The fourth-order valence-corrected chi connectivity index (χ4v) is 7.58. The molecule has 2 heterocycles. The molecule has 1 aromatic heterocycles. The van der Waals surface area contributed by atoms with Gasteiger partial charge in [-0.3, -0.25) is 14.4 Å². The standard InChI is InChI=1S/C38H39ClN2O6S/c1-48(45,46)31-17-18-35-33(22-31)34(42)23-36(47-35)38(44)40-30(21-26-11-15-29(39)16-12-26)20-25-9-13-27(14-10-25)32-7-3-2-6-28(32)24-41-19-5-4-8-37(41)43/h2-3,6-7,11-12,15-18,20,22-23,27,30H,4-5,8-10,13-14,19,21,24H2,1H3,(H,40,44)/t27?,30-/m1/s1. The van der Waals surface area contributed by atoms with Crippen LogP contribution in [0.5, 0.6) is 0 Å². The van der Waals surface area contributed by atoms with Crippen molar-refractivity contribution < 1.29 is 22.4 Å². The molecule has 6 rings (SSSR count). The van der Waals surface area contributed by atoms with E-state index in [0.29, 0.717) is 30.3 Å². The second-order valence-electron chi connectivity index (χ2n) is 12.9. The molecule has 1 N–H and O–H groups in total. The van der Waals surface area contributed by atoms with Gasteiger partial charge in [0, 0.05) is 36.9 Å². The topological polar surface area (TPSA) is 114 Å². The molecule has 48 heavy (non-hydrogen) atoms. The maximum absolute atomic E-state index is 13.5. The first kappa shape index (κ1) is 33.7. The molecule has 0 unspecified atom stereocenters. The van der Waals surface area contributed by atoms with Gasteiger partial charge in [0.15, 0.2) is 21.0 Å². The fraction of sp³-hybridized carbons (Fsp3) is 0.342. The van der Waals surface area contributed by atoms with E-state index in [2.05, 4.69) is 35.7 Å². The lowest BCUT2D eigenvalue weighted by atomic mass is 9.79. The Balaban J connectivity index is 1.19. The molecular weight excluding hydrogens is 648 g/mol. The zero-order valence-electron chi connectivity index (χ0n) is 26.9. The molecule has 0 spiro atoms. The Kier molecular flexibility index (Phi) is 10.2. The van der Waals surface area contributed by atoms with Crippen LogP contribution >= 0.6 is 11.6 Å². The number of allylic oxidation sites excluding steroid dienone is 1. The molecule has 8 nitrogen and oxygen atoms in total. The van der Waals surface area contributed by atoms with Crippen LogP contribution < -0.4 is 10.7 Å². The third-order valence-corrected chi connectivity index (χ3v) is 10.7. The van der Waals surface area contributed by atoms with E-state index in [1.54, 1.807) is 0 Å². The number of amides is 2. The van der Waals surface area contributed by atoms with Gasteiger partial charge in [0.05, 0.1) is 16.3 Å². The summed E-state index contributed by atoms with van der Waals surface area (Å²) in [6.45, 7) is 1.48. The van der Waals surface area contributed by atoms with E-state index in [-0.39, 0.29) is 33.6 Å². The summed E-state index contributed by atoms with van der Waals surface area (Å²) in [4.78, 5) is 40.9. The molecule has 1 saturated heterocycles. The molecule has 250 valence electrons. The van der Waals surface area contributed by atoms with Crippen molar-refractivity contribution in [1.82, 2.24) is 10.2 Å². The molecule has 0 bridgehead atoms. The number of nitrogens with zero attached hydrogens (tertiary/aromatic N) is 1. The number of benzene rings is 3. The number of halogens is 1. The zero-order chi connectivity index (χ0) is 33.8. The molecule has 1 aliphatic heterocycles. The second kappa shape index (κ2) is 14.5. The van der Waals surface area contributed by atoms with Crippen molar-refractivity contribution in [1.29, 1.82) is 0 Å². The minimum absolute atomic E-state index is 0.00413. The van der Waals surface area contributed by atoms with E-state index in [0.717, 1.165) is 63.0 Å². The smallest absolute Gasteiger partial charge is 0.287 e. The number of hydrogen-bond acceptors (Lipinski definition) is 6. The van der Waals surface area contributed by atoms with E-state index in [1.165, 1.54) is 34.9 Å². The van der Waals surface area contributed by atoms with Crippen molar-refractivity contribution in [3.63, 3.8) is 0 Å². The summed E-state index contributed by atoms with van der Waals surface area (Å²) < 4.78 is 29.8. The largest absolute Gasteiger partial charge is 0.451 e. The summed E-state index contributed by atoms with van der Waals surface area (Å²) >= 11 is 6.13. The second-order valence-corrected chi connectivity index (χ2v) is 15.3. The van der Waals surface area contributed by atoms with Gasteiger partial charge >= 0.3 is 0 Å². The third kappa shape index (κ3) is 8.08. The molecule has 10 heteroatoms.